The van der Waals surface area contributed by atoms with Crippen LogP contribution in [0.3, 0.4) is 0 Å². The fraction of sp³-hybridized carbons (Fsp3) is 0.611. The lowest BCUT2D eigenvalue weighted by Gasteiger charge is -2.24. The maximum absolute atomic E-state index is 14.0. The minimum Gasteiger partial charge on any atom is -0.356 e. The highest BCUT2D eigenvalue weighted by Gasteiger charge is 2.34. The first-order valence-electron chi connectivity index (χ1n) is 8.67. The van der Waals surface area contributed by atoms with Crippen molar-refractivity contribution in [3.63, 3.8) is 0 Å². The predicted molar refractivity (Wildman–Crippen MR) is 96.9 cm³/mol. The molecule has 2 aliphatic rings. The van der Waals surface area contributed by atoms with E-state index in [-0.39, 0.29) is 5.82 Å². The SMILES string of the molecule is CN=C(NCC1CCN(C2CC2)C1)N(C)Cc1c(F)cccc1Cl. The molecule has 1 N–H and O–H groups in total. The quantitative estimate of drug-likeness (QED) is 0.653. The standard InChI is InChI=1S/C18H26ClFN4/c1-21-18(22-10-13-8-9-24(11-13)14-6-7-14)23(2)12-15-16(19)4-3-5-17(15)20/h3-5,13-14H,6-12H2,1-2H3,(H,21,22). The third-order valence-electron chi connectivity index (χ3n) is 4.96. The second kappa shape index (κ2) is 7.70. The third kappa shape index (κ3) is 4.19. The molecule has 1 aromatic rings. The molecule has 3 rings (SSSR count). The zero-order valence-corrected chi connectivity index (χ0v) is 15.2. The summed E-state index contributed by atoms with van der Waals surface area (Å²) < 4.78 is 14.0. The highest BCUT2D eigenvalue weighted by atomic mass is 35.5. The summed E-state index contributed by atoms with van der Waals surface area (Å²) in [7, 11) is 3.66. The lowest BCUT2D eigenvalue weighted by atomic mass is 10.1. The van der Waals surface area contributed by atoms with Crippen LogP contribution in [0, 0.1) is 11.7 Å². The van der Waals surface area contributed by atoms with Crippen LogP contribution in [0.4, 0.5) is 4.39 Å². The Kier molecular flexibility index (Phi) is 5.61. The van der Waals surface area contributed by atoms with Crippen LogP contribution in [0.15, 0.2) is 23.2 Å². The van der Waals surface area contributed by atoms with Crippen LogP contribution in [0.1, 0.15) is 24.8 Å². The fourth-order valence-corrected chi connectivity index (χ4v) is 3.64. The van der Waals surface area contributed by atoms with Crippen LogP contribution in [-0.2, 0) is 6.54 Å². The van der Waals surface area contributed by atoms with Crippen molar-refractivity contribution >= 4 is 17.6 Å². The first-order chi connectivity index (χ1) is 11.6. The summed E-state index contributed by atoms with van der Waals surface area (Å²) in [6.07, 6.45) is 3.98. The van der Waals surface area contributed by atoms with E-state index < -0.39 is 0 Å². The molecule has 4 nitrogen and oxygen atoms in total. The van der Waals surface area contributed by atoms with Gasteiger partial charge in [0.05, 0.1) is 0 Å². The van der Waals surface area contributed by atoms with E-state index in [1.165, 1.54) is 38.4 Å². The molecule has 1 unspecified atom stereocenters. The van der Waals surface area contributed by atoms with Gasteiger partial charge in [0, 0.05) is 50.4 Å². The number of halogens is 2. The molecule has 132 valence electrons. The Morgan fingerprint density at radius 3 is 2.88 bits per heavy atom. The van der Waals surface area contributed by atoms with E-state index in [9.17, 15) is 4.39 Å². The highest BCUT2D eigenvalue weighted by molar-refractivity contribution is 6.31. The molecular weight excluding hydrogens is 327 g/mol. The van der Waals surface area contributed by atoms with E-state index >= 15 is 0 Å². The van der Waals surface area contributed by atoms with E-state index in [0.29, 0.717) is 23.0 Å². The van der Waals surface area contributed by atoms with E-state index in [1.807, 2.05) is 11.9 Å². The van der Waals surface area contributed by atoms with Gasteiger partial charge in [0.15, 0.2) is 5.96 Å². The van der Waals surface area contributed by atoms with Crippen molar-refractivity contribution in [2.24, 2.45) is 10.9 Å². The van der Waals surface area contributed by atoms with Gasteiger partial charge in [0.25, 0.3) is 0 Å². The zero-order chi connectivity index (χ0) is 17.1. The minimum atomic E-state index is -0.277. The van der Waals surface area contributed by atoms with Crippen LogP contribution in [0.25, 0.3) is 0 Å². The lowest BCUT2D eigenvalue weighted by Crippen LogP contribution is -2.41. The van der Waals surface area contributed by atoms with Gasteiger partial charge in [-0.15, -0.1) is 0 Å². The van der Waals surface area contributed by atoms with Crippen molar-refractivity contribution in [3.05, 3.63) is 34.6 Å². The summed E-state index contributed by atoms with van der Waals surface area (Å²) in [5.74, 6) is 1.16. The molecule has 24 heavy (non-hydrogen) atoms. The Morgan fingerprint density at radius 2 is 2.21 bits per heavy atom. The fourth-order valence-electron chi connectivity index (χ4n) is 3.42. The zero-order valence-electron chi connectivity index (χ0n) is 14.4. The summed E-state index contributed by atoms with van der Waals surface area (Å²) in [5.41, 5.74) is 0.505. The Bertz CT molecular complexity index is 582. The van der Waals surface area contributed by atoms with Crippen molar-refractivity contribution in [3.8, 4) is 0 Å². The van der Waals surface area contributed by atoms with Crippen molar-refractivity contribution in [1.82, 2.24) is 15.1 Å². The lowest BCUT2D eigenvalue weighted by molar-refractivity contribution is 0.313. The smallest absolute Gasteiger partial charge is 0.193 e. The molecule has 1 saturated carbocycles. The monoisotopic (exact) mass is 352 g/mol. The van der Waals surface area contributed by atoms with Gasteiger partial charge in [-0.05, 0) is 43.9 Å². The summed E-state index contributed by atoms with van der Waals surface area (Å²) >= 11 is 6.12. The van der Waals surface area contributed by atoms with Crippen LogP contribution >= 0.6 is 11.6 Å². The molecule has 1 aromatic carbocycles. The average molecular weight is 353 g/mol. The summed E-state index contributed by atoms with van der Waals surface area (Å²) in [6.45, 7) is 3.70. The molecule has 1 saturated heterocycles. The first-order valence-corrected chi connectivity index (χ1v) is 9.05. The number of guanidine groups is 1. The summed E-state index contributed by atoms with van der Waals surface area (Å²) in [5, 5.41) is 3.89. The highest BCUT2D eigenvalue weighted by Crippen LogP contribution is 2.31. The molecule has 0 amide bonds. The van der Waals surface area contributed by atoms with E-state index in [4.69, 9.17) is 11.6 Å². The van der Waals surface area contributed by atoms with Gasteiger partial charge >= 0.3 is 0 Å². The Balaban J connectivity index is 1.52. The topological polar surface area (TPSA) is 30.9 Å². The third-order valence-corrected chi connectivity index (χ3v) is 5.31. The number of hydrogen-bond acceptors (Lipinski definition) is 2. The van der Waals surface area contributed by atoms with Crippen molar-refractivity contribution in [1.29, 1.82) is 0 Å². The van der Waals surface area contributed by atoms with Crippen molar-refractivity contribution < 1.29 is 4.39 Å². The maximum atomic E-state index is 14.0. The van der Waals surface area contributed by atoms with Gasteiger partial charge in [0.1, 0.15) is 5.82 Å². The number of benzene rings is 1. The molecule has 1 atom stereocenters. The van der Waals surface area contributed by atoms with Crippen LogP contribution in [-0.4, -0.2) is 55.5 Å². The van der Waals surface area contributed by atoms with Gasteiger partial charge in [-0.3, -0.25) is 4.99 Å². The number of nitrogens with one attached hydrogen (secondary N) is 1. The molecule has 0 bridgehead atoms. The van der Waals surface area contributed by atoms with E-state index in [2.05, 4.69) is 15.2 Å². The molecule has 2 fully saturated rings. The van der Waals surface area contributed by atoms with Gasteiger partial charge in [-0.2, -0.15) is 0 Å². The molecule has 0 aromatic heterocycles. The van der Waals surface area contributed by atoms with Crippen molar-refractivity contribution in [2.45, 2.75) is 31.8 Å². The number of hydrogen-bond donors (Lipinski definition) is 1. The minimum absolute atomic E-state index is 0.277. The van der Waals surface area contributed by atoms with Crippen LogP contribution < -0.4 is 5.32 Å². The average Bonchev–Trinajstić information content (AvgIpc) is 3.31. The molecule has 6 heteroatoms. The first kappa shape index (κ1) is 17.5. The number of aliphatic imine (C=N–C) groups is 1. The van der Waals surface area contributed by atoms with E-state index in [0.717, 1.165) is 18.5 Å². The van der Waals surface area contributed by atoms with Gasteiger partial charge in [-0.1, -0.05) is 17.7 Å². The molecule has 0 spiro atoms. The molecule has 1 heterocycles. The maximum Gasteiger partial charge on any atom is 0.193 e. The number of likely N-dealkylation sites (tertiary alicyclic amines) is 1. The van der Waals surface area contributed by atoms with Gasteiger partial charge in [0.2, 0.25) is 0 Å². The molecule has 0 radical (unpaired) electrons. The van der Waals surface area contributed by atoms with Gasteiger partial charge in [-0.25, -0.2) is 4.39 Å². The molecular formula is C18H26ClFN4. The molecule has 1 aliphatic carbocycles. The van der Waals surface area contributed by atoms with Crippen LogP contribution in [0.2, 0.25) is 5.02 Å². The van der Waals surface area contributed by atoms with E-state index in [1.54, 1.807) is 19.2 Å². The number of nitrogens with zero attached hydrogens (tertiary/aromatic N) is 3. The van der Waals surface area contributed by atoms with Gasteiger partial charge < -0.3 is 15.1 Å². The van der Waals surface area contributed by atoms with Crippen molar-refractivity contribution in [2.75, 3.05) is 33.7 Å². The normalized spacial score (nSPS) is 22.0. The molecule has 1 aliphatic heterocycles. The number of rotatable bonds is 5. The largest absolute Gasteiger partial charge is 0.356 e. The second-order valence-electron chi connectivity index (χ2n) is 6.87. The summed E-state index contributed by atoms with van der Waals surface area (Å²) in [4.78, 5) is 8.85. The second-order valence-corrected chi connectivity index (χ2v) is 7.27. The Hall–Kier alpha value is -1.33. The summed E-state index contributed by atoms with van der Waals surface area (Å²) in [6, 6.07) is 5.63. The van der Waals surface area contributed by atoms with Crippen LogP contribution in [0.5, 0.6) is 0 Å². The Morgan fingerprint density at radius 1 is 1.42 bits per heavy atom. The predicted octanol–water partition coefficient (Wildman–Crippen LogP) is 2.97. The Labute approximate surface area is 148 Å².